The molecular weight excluding hydrogens is 288 g/mol. The van der Waals surface area contributed by atoms with Crippen LogP contribution in [0.15, 0.2) is 29.6 Å². The number of aliphatic hydroxyl groups excluding tert-OH is 2. The van der Waals surface area contributed by atoms with Gasteiger partial charge in [-0.2, -0.15) is 0 Å². The van der Waals surface area contributed by atoms with Gasteiger partial charge < -0.3 is 20.8 Å². The van der Waals surface area contributed by atoms with Crippen LogP contribution in [-0.4, -0.2) is 42.8 Å². The zero-order chi connectivity index (χ0) is 15.2. The van der Waals surface area contributed by atoms with Crippen LogP contribution in [0.25, 0.3) is 10.4 Å². The molecule has 5 nitrogen and oxygen atoms in total. The molecule has 1 heterocycles. The topological polar surface area (TPSA) is 86.8 Å². The first-order chi connectivity index (χ1) is 10.2. The summed E-state index contributed by atoms with van der Waals surface area (Å²) in [6.07, 6.45) is 0.821. The van der Waals surface area contributed by atoms with Crippen LogP contribution >= 0.6 is 11.3 Å². The van der Waals surface area contributed by atoms with E-state index < -0.39 is 0 Å². The molecule has 2 rings (SSSR count). The SMILES string of the molecule is Nc1ccc(N(CCO)CCO)c(-c2sccc2C=O)c1. The van der Waals surface area contributed by atoms with E-state index in [1.807, 2.05) is 22.4 Å². The molecule has 1 aromatic heterocycles. The lowest BCUT2D eigenvalue weighted by Gasteiger charge is -2.25. The van der Waals surface area contributed by atoms with Crippen LogP contribution in [-0.2, 0) is 0 Å². The molecule has 0 amide bonds. The van der Waals surface area contributed by atoms with Gasteiger partial charge in [-0.25, -0.2) is 0 Å². The smallest absolute Gasteiger partial charge is 0.151 e. The Labute approximate surface area is 127 Å². The van der Waals surface area contributed by atoms with Crippen molar-refractivity contribution in [1.29, 1.82) is 0 Å². The van der Waals surface area contributed by atoms with Gasteiger partial charge in [-0.15, -0.1) is 11.3 Å². The summed E-state index contributed by atoms with van der Waals surface area (Å²) in [4.78, 5) is 13.9. The average molecular weight is 306 g/mol. The zero-order valence-electron chi connectivity index (χ0n) is 11.5. The van der Waals surface area contributed by atoms with Gasteiger partial charge in [-0.1, -0.05) is 0 Å². The van der Waals surface area contributed by atoms with Crippen molar-refractivity contribution in [3.8, 4) is 10.4 Å². The quantitative estimate of drug-likeness (QED) is 0.534. The van der Waals surface area contributed by atoms with Gasteiger partial charge in [0.25, 0.3) is 0 Å². The molecule has 2 aromatic rings. The number of nitrogens with zero attached hydrogens (tertiary/aromatic N) is 1. The van der Waals surface area contributed by atoms with Crippen LogP contribution in [0.3, 0.4) is 0 Å². The fraction of sp³-hybridized carbons (Fsp3) is 0.267. The number of thiophene rings is 1. The van der Waals surface area contributed by atoms with Crippen molar-refractivity contribution in [1.82, 2.24) is 0 Å². The molecule has 21 heavy (non-hydrogen) atoms. The normalized spacial score (nSPS) is 10.6. The van der Waals surface area contributed by atoms with Crippen LogP contribution in [0.5, 0.6) is 0 Å². The number of nitrogens with two attached hydrogens (primary N) is 1. The summed E-state index contributed by atoms with van der Waals surface area (Å²) in [6.45, 7) is 0.766. The first-order valence-corrected chi connectivity index (χ1v) is 7.48. The third-order valence-corrected chi connectivity index (χ3v) is 4.13. The zero-order valence-corrected chi connectivity index (χ0v) is 12.3. The Morgan fingerprint density at radius 2 is 1.90 bits per heavy atom. The summed E-state index contributed by atoms with van der Waals surface area (Å²) < 4.78 is 0. The second-order valence-electron chi connectivity index (χ2n) is 4.53. The first-order valence-electron chi connectivity index (χ1n) is 6.60. The van der Waals surface area contributed by atoms with E-state index in [0.717, 1.165) is 22.4 Å². The second-order valence-corrected chi connectivity index (χ2v) is 5.45. The number of hydrogen-bond donors (Lipinski definition) is 3. The van der Waals surface area contributed by atoms with Crippen molar-refractivity contribution in [2.24, 2.45) is 0 Å². The Balaban J connectivity index is 2.53. The lowest BCUT2D eigenvalue weighted by molar-refractivity contribution is 0.112. The molecule has 0 saturated carbocycles. The molecule has 0 spiro atoms. The predicted octanol–water partition coefficient (Wildman–Crippen LogP) is 1.60. The molecule has 0 fully saturated rings. The number of benzene rings is 1. The van der Waals surface area contributed by atoms with E-state index in [1.165, 1.54) is 11.3 Å². The van der Waals surface area contributed by atoms with Crippen molar-refractivity contribution in [2.75, 3.05) is 36.9 Å². The van der Waals surface area contributed by atoms with Crippen LogP contribution in [0.2, 0.25) is 0 Å². The molecule has 4 N–H and O–H groups in total. The summed E-state index contributed by atoms with van der Waals surface area (Å²) in [6, 6.07) is 7.21. The fourth-order valence-electron chi connectivity index (χ4n) is 2.24. The maximum Gasteiger partial charge on any atom is 0.151 e. The number of hydrogen-bond acceptors (Lipinski definition) is 6. The predicted molar refractivity (Wildman–Crippen MR) is 85.9 cm³/mol. The molecule has 0 bridgehead atoms. The summed E-state index contributed by atoms with van der Waals surface area (Å²) >= 11 is 1.47. The number of aldehydes is 1. The summed E-state index contributed by atoms with van der Waals surface area (Å²) in [7, 11) is 0. The van der Waals surface area contributed by atoms with Gasteiger partial charge in [-0.05, 0) is 29.6 Å². The number of rotatable bonds is 7. The lowest BCUT2D eigenvalue weighted by Crippen LogP contribution is -2.30. The largest absolute Gasteiger partial charge is 0.399 e. The van der Waals surface area contributed by atoms with Gasteiger partial charge in [-0.3, -0.25) is 4.79 Å². The Morgan fingerprint density at radius 1 is 1.19 bits per heavy atom. The molecule has 112 valence electrons. The number of carbonyl (C=O) groups excluding carboxylic acids is 1. The van der Waals surface area contributed by atoms with Crippen LogP contribution < -0.4 is 10.6 Å². The van der Waals surface area contributed by atoms with E-state index in [9.17, 15) is 15.0 Å². The number of nitrogen functional groups attached to an aromatic ring is 1. The molecule has 6 heteroatoms. The van der Waals surface area contributed by atoms with E-state index in [1.54, 1.807) is 12.1 Å². The minimum Gasteiger partial charge on any atom is -0.399 e. The Bertz CT molecular complexity index is 607. The number of carbonyl (C=O) groups is 1. The van der Waals surface area contributed by atoms with Crippen LogP contribution in [0.4, 0.5) is 11.4 Å². The molecule has 0 unspecified atom stereocenters. The molecule has 0 atom stereocenters. The maximum atomic E-state index is 11.2. The average Bonchev–Trinajstić information content (AvgIpc) is 2.95. The molecule has 0 aliphatic heterocycles. The van der Waals surface area contributed by atoms with E-state index in [-0.39, 0.29) is 13.2 Å². The molecule has 0 saturated heterocycles. The van der Waals surface area contributed by atoms with Gasteiger partial charge in [0.05, 0.1) is 13.2 Å². The van der Waals surface area contributed by atoms with E-state index in [2.05, 4.69) is 0 Å². The summed E-state index contributed by atoms with van der Waals surface area (Å²) in [5, 5.41) is 20.3. The molecule has 0 aliphatic carbocycles. The minimum atomic E-state index is -0.0191. The highest BCUT2D eigenvalue weighted by molar-refractivity contribution is 7.14. The van der Waals surface area contributed by atoms with Crippen molar-refractivity contribution in [3.63, 3.8) is 0 Å². The highest BCUT2D eigenvalue weighted by Crippen LogP contribution is 2.37. The van der Waals surface area contributed by atoms with Crippen LogP contribution in [0, 0.1) is 0 Å². The van der Waals surface area contributed by atoms with Gasteiger partial charge in [0.1, 0.15) is 0 Å². The minimum absolute atomic E-state index is 0.0191. The van der Waals surface area contributed by atoms with Gasteiger partial charge >= 0.3 is 0 Å². The maximum absolute atomic E-state index is 11.2. The molecule has 0 aliphatic rings. The Kier molecular flexibility index (Phi) is 5.32. The number of aliphatic hydroxyl groups is 2. The second kappa shape index (κ2) is 7.21. The third-order valence-electron chi connectivity index (χ3n) is 3.17. The molecule has 0 radical (unpaired) electrons. The summed E-state index contributed by atoms with van der Waals surface area (Å²) in [5.41, 5.74) is 8.77. The monoisotopic (exact) mass is 306 g/mol. The molecular formula is C15H18N2O3S. The van der Waals surface area contributed by atoms with Crippen molar-refractivity contribution in [2.45, 2.75) is 0 Å². The van der Waals surface area contributed by atoms with E-state index in [4.69, 9.17) is 5.73 Å². The van der Waals surface area contributed by atoms with E-state index in [0.29, 0.717) is 24.3 Å². The lowest BCUT2D eigenvalue weighted by atomic mass is 10.1. The fourth-order valence-corrected chi connectivity index (χ4v) is 3.13. The van der Waals surface area contributed by atoms with Gasteiger partial charge in [0.15, 0.2) is 6.29 Å². The van der Waals surface area contributed by atoms with Crippen LogP contribution in [0.1, 0.15) is 10.4 Å². The Morgan fingerprint density at radius 3 is 2.52 bits per heavy atom. The van der Waals surface area contributed by atoms with Crippen molar-refractivity contribution >= 4 is 29.0 Å². The highest BCUT2D eigenvalue weighted by atomic mass is 32.1. The standard InChI is InChI=1S/C15H18N2O3S/c16-12-1-2-14(17(4-6-18)5-7-19)13(9-12)15-11(10-20)3-8-21-15/h1-3,8-10,18-19H,4-7,16H2. The first kappa shape index (κ1) is 15.5. The number of anilines is 2. The van der Waals surface area contributed by atoms with Crippen molar-refractivity contribution < 1.29 is 15.0 Å². The van der Waals surface area contributed by atoms with E-state index >= 15 is 0 Å². The Hall–Kier alpha value is -1.89. The van der Waals surface area contributed by atoms with Gasteiger partial charge in [0, 0.05) is 40.5 Å². The highest BCUT2D eigenvalue weighted by Gasteiger charge is 2.16. The summed E-state index contributed by atoms with van der Waals surface area (Å²) in [5.74, 6) is 0. The van der Waals surface area contributed by atoms with Gasteiger partial charge in [0.2, 0.25) is 0 Å². The van der Waals surface area contributed by atoms with Crippen molar-refractivity contribution in [3.05, 3.63) is 35.2 Å². The molecule has 1 aromatic carbocycles. The third kappa shape index (κ3) is 3.41.